The van der Waals surface area contributed by atoms with Crippen molar-refractivity contribution in [3.8, 4) is 11.1 Å². The number of nitrogens with zero attached hydrogens (tertiary/aromatic N) is 4. The van der Waals surface area contributed by atoms with Crippen LogP contribution in [-0.2, 0) is 23.7 Å². The van der Waals surface area contributed by atoms with E-state index in [4.69, 9.17) is 0 Å². The maximum atomic E-state index is 13.3. The van der Waals surface area contributed by atoms with Crippen LogP contribution in [0.2, 0.25) is 0 Å². The molecule has 3 aromatic rings. The molecular weight excluding hydrogens is 601 g/mol. The molecule has 4 rings (SSSR count). The number of anilines is 3. The number of hydrogen-bond acceptors (Lipinski definition) is 7. The van der Waals surface area contributed by atoms with Crippen LogP contribution in [0.25, 0.3) is 11.1 Å². The highest BCUT2D eigenvalue weighted by molar-refractivity contribution is 5.82. The number of benzene rings is 1. The molecule has 2 heterocycles. The first-order valence-corrected chi connectivity index (χ1v) is 12.7. The highest BCUT2D eigenvalue weighted by Gasteiger charge is 2.40. The zero-order valence-corrected chi connectivity index (χ0v) is 21.9. The van der Waals surface area contributed by atoms with Crippen molar-refractivity contribution in [3.05, 3.63) is 47.9 Å². The van der Waals surface area contributed by atoms with Crippen molar-refractivity contribution >= 4 is 23.4 Å². The number of amides is 1. The van der Waals surface area contributed by atoms with Gasteiger partial charge in [-0.25, -0.2) is 4.98 Å². The van der Waals surface area contributed by atoms with Crippen LogP contribution in [0, 0.1) is 0 Å². The Bertz CT molecular complexity index is 1400. The van der Waals surface area contributed by atoms with E-state index >= 15 is 0 Å². The van der Waals surface area contributed by atoms with E-state index in [9.17, 15) is 49.4 Å². The quantitative estimate of drug-likeness (QED) is 0.244. The first-order valence-electron chi connectivity index (χ1n) is 12.7. The largest absolute Gasteiger partial charge is 0.471 e. The average molecular weight is 625 g/mol. The summed E-state index contributed by atoms with van der Waals surface area (Å²) in [6, 6.07) is -0.128. The first-order chi connectivity index (χ1) is 20.0. The van der Waals surface area contributed by atoms with Crippen LogP contribution < -0.4 is 16.0 Å². The predicted octanol–water partition coefficient (Wildman–Crippen LogP) is 5.52. The minimum atomic E-state index is -5.07. The lowest BCUT2D eigenvalue weighted by Gasteiger charge is -2.30. The van der Waals surface area contributed by atoms with E-state index < -0.39 is 47.3 Å². The Kier molecular flexibility index (Phi) is 9.08. The van der Waals surface area contributed by atoms with Crippen LogP contribution in [0.1, 0.15) is 36.8 Å². The molecule has 1 aliphatic carbocycles. The number of aliphatic hydroxyl groups excluding tert-OH is 1. The summed E-state index contributed by atoms with van der Waals surface area (Å²) in [6.45, 7) is -0.0510. The van der Waals surface area contributed by atoms with E-state index in [1.807, 2.05) is 5.32 Å². The van der Waals surface area contributed by atoms with Crippen LogP contribution in [0.3, 0.4) is 0 Å². The summed E-state index contributed by atoms with van der Waals surface area (Å²) in [7, 11) is 0. The molecule has 0 radical (unpaired) electrons. The minimum absolute atomic E-state index is 0.0143. The van der Waals surface area contributed by atoms with Gasteiger partial charge in [-0.15, -0.1) is 0 Å². The van der Waals surface area contributed by atoms with Gasteiger partial charge in [-0.2, -0.15) is 49.6 Å². The van der Waals surface area contributed by atoms with Gasteiger partial charge in [-0.1, -0.05) is 0 Å². The van der Waals surface area contributed by atoms with Gasteiger partial charge in [0.15, 0.2) is 0 Å². The molecule has 1 fully saturated rings. The van der Waals surface area contributed by atoms with Crippen molar-refractivity contribution in [2.24, 2.45) is 0 Å². The summed E-state index contributed by atoms with van der Waals surface area (Å²) in [5.74, 6) is -2.26. The molecule has 43 heavy (non-hydrogen) atoms. The van der Waals surface area contributed by atoms with Crippen molar-refractivity contribution in [3.63, 3.8) is 0 Å². The summed E-state index contributed by atoms with van der Waals surface area (Å²) in [5.41, 5.74) is -2.83. The van der Waals surface area contributed by atoms with Gasteiger partial charge in [0, 0.05) is 41.3 Å². The van der Waals surface area contributed by atoms with Crippen LogP contribution in [0.15, 0.2) is 36.8 Å². The van der Waals surface area contributed by atoms with Crippen LogP contribution in [0.5, 0.6) is 0 Å². The van der Waals surface area contributed by atoms with Gasteiger partial charge in [0.25, 0.3) is 0 Å². The number of rotatable bonds is 8. The maximum absolute atomic E-state index is 13.3. The molecule has 0 atom stereocenters. The molecule has 1 aromatic carbocycles. The molecule has 4 N–H and O–H groups in total. The van der Waals surface area contributed by atoms with Crippen molar-refractivity contribution in [2.75, 3.05) is 17.2 Å². The topological polar surface area (TPSA) is 117 Å². The van der Waals surface area contributed by atoms with Crippen LogP contribution in [-0.4, -0.2) is 55.6 Å². The summed E-state index contributed by atoms with van der Waals surface area (Å²) >= 11 is 0. The van der Waals surface area contributed by atoms with Gasteiger partial charge in [0.1, 0.15) is 5.82 Å². The smallest absolute Gasteiger partial charge is 0.394 e. The molecule has 1 amide bonds. The van der Waals surface area contributed by atoms with E-state index in [1.165, 1.54) is 17.1 Å². The number of alkyl halides is 9. The Morgan fingerprint density at radius 2 is 1.51 bits per heavy atom. The van der Waals surface area contributed by atoms with Crippen molar-refractivity contribution in [1.29, 1.82) is 0 Å². The molecule has 2 aromatic heterocycles. The molecule has 18 heteroatoms. The van der Waals surface area contributed by atoms with E-state index in [-0.39, 0.29) is 49.9 Å². The molecule has 0 saturated heterocycles. The van der Waals surface area contributed by atoms with Crippen LogP contribution >= 0.6 is 0 Å². The number of halogens is 9. The fourth-order valence-electron chi connectivity index (χ4n) is 4.49. The number of aliphatic hydroxyl groups is 1. The molecule has 0 aliphatic heterocycles. The lowest BCUT2D eigenvalue weighted by molar-refractivity contribution is -0.174. The first kappa shape index (κ1) is 31.8. The monoisotopic (exact) mass is 625 g/mol. The van der Waals surface area contributed by atoms with Crippen molar-refractivity contribution in [2.45, 2.75) is 62.8 Å². The second-order valence-electron chi connectivity index (χ2n) is 9.76. The Hall–Kier alpha value is -4.09. The Morgan fingerprint density at radius 3 is 2.07 bits per heavy atom. The molecule has 0 spiro atoms. The van der Waals surface area contributed by atoms with Gasteiger partial charge < -0.3 is 21.1 Å². The molecule has 0 bridgehead atoms. The third-order valence-corrected chi connectivity index (χ3v) is 6.57. The predicted molar refractivity (Wildman–Crippen MR) is 134 cm³/mol. The van der Waals surface area contributed by atoms with Crippen LogP contribution in [0.4, 0.5) is 57.0 Å². The van der Waals surface area contributed by atoms with E-state index in [0.717, 1.165) is 0 Å². The third kappa shape index (κ3) is 8.26. The zero-order valence-electron chi connectivity index (χ0n) is 21.9. The Morgan fingerprint density at radius 1 is 0.907 bits per heavy atom. The molecule has 9 nitrogen and oxygen atoms in total. The molecular formula is C25H24F9N7O2. The lowest BCUT2D eigenvalue weighted by Crippen LogP contribution is -2.45. The summed E-state index contributed by atoms with van der Waals surface area (Å²) in [4.78, 5) is 19.6. The highest BCUT2D eigenvalue weighted by Crippen LogP contribution is 2.38. The summed E-state index contributed by atoms with van der Waals surface area (Å²) in [6.07, 6.45) is -9.89. The SMILES string of the molecule is O=C(NC1CCC(Nc2nc(Nc3cc(C(F)(F)F)cc(C(F)(F)F)c3)ncc2-c2cnn(CCO)c2)CC1)C(F)(F)F. The van der Waals surface area contributed by atoms with Gasteiger partial charge in [-0.05, 0) is 43.9 Å². The summed E-state index contributed by atoms with van der Waals surface area (Å²) in [5, 5.41) is 20.7. The van der Waals surface area contributed by atoms with Crippen molar-refractivity contribution in [1.82, 2.24) is 25.1 Å². The molecule has 234 valence electrons. The van der Waals surface area contributed by atoms with Gasteiger partial charge in [0.05, 0.1) is 30.5 Å². The normalized spacial score (nSPS) is 17.9. The van der Waals surface area contributed by atoms with E-state index in [2.05, 4.69) is 25.7 Å². The van der Waals surface area contributed by atoms with Gasteiger partial charge in [0.2, 0.25) is 5.95 Å². The Balaban J connectivity index is 1.61. The third-order valence-electron chi connectivity index (χ3n) is 6.57. The Labute approximate surface area is 237 Å². The van der Waals surface area contributed by atoms with Crippen molar-refractivity contribution < 1.29 is 49.4 Å². The maximum Gasteiger partial charge on any atom is 0.471 e. The lowest BCUT2D eigenvalue weighted by atomic mass is 9.91. The molecule has 1 saturated carbocycles. The van der Waals surface area contributed by atoms with E-state index in [0.29, 0.717) is 36.1 Å². The van der Waals surface area contributed by atoms with Gasteiger partial charge in [-0.3, -0.25) is 9.48 Å². The number of nitrogens with one attached hydrogen (secondary N) is 3. The molecule has 1 aliphatic rings. The fourth-order valence-corrected chi connectivity index (χ4v) is 4.49. The number of carbonyl (C=O) groups excluding carboxylic acids is 1. The highest BCUT2D eigenvalue weighted by atomic mass is 19.4. The second kappa shape index (κ2) is 12.3. The number of carbonyl (C=O) groups is 1. The van der Waals surface area contributed by atoms with Gasteiger partial charge >= 0.3 is 24.4 Å². The summed E-state index contributed by atoms with van der Waals surface area (Å²) < 4.78 is 119. The zero-order chi connectivity index (χ0) is 31.6. The standard InChI is InChI=1S/C25H24F9N7O2/c26-23(27,28)14-7-15(24(29,30)31)9-18(8-14)39-22-35-11-19(13-10-36-41(12-13)5-6-42)20(40-22)37-16-1-3-17(4-2-16)38-21(43)25(32,33)34/h7-12,16-17,42H,1-6H2,(H,38,43)(H2,35,37,39,40). The number of aromatic nitrogens is 4. The number of hydrogen-bond donors (Lipinski definition) is 4. The minimum Gasteiger partial charge on any atom is -0.394 e. The average Bonchev–Trinajstić information content (AvgIpc) is 3.37. The van der Waals surface area contributed by atoms with E-state index in [1.54, 1.807) is 6.20 Å². The second-order valence-corrected chi connectivity index (χ2v) is 9.76. The fraction of sp³-hybridized carbons (Fsp3) is 0.440. The molecule has 0 unspecified atom stereocenters.